The zero-order chi connectivity index (χ0) is 23.8. The Morgan fingerprint density at radius 1 is 1.06 bits per heavy atom. The molecule has 4 rings (SSSR count). The summed E-state index contributed by atoms with van der Waals surface area (Å²) in [6.45, 7) is 0.751. The molecule has 0 atom stereocenters. The zero-order valence-corrected chi connectivity index (χ0v) is 19.0. The molecule has 0 spiro atoms. The minimum Gasteiger partial charge on any atom is -0.492 e. The number of benzene rings is 2. The Morgan fingerprint density at radius 3 is 2.33 bits per heavy atom. The first-order valence-electron chi connectivity index (χ1n) is 10.6. The Hall–Kier alpha value is -2.75. The van der Waals surface area contributed by atoms with E-state index < -0.39 is 39.5 Å². The molecule has 1 saturated carbocycles. The minimum atomic E-state index is -3.56. The van der Waals surface area contributed by atoms with Crippen LogP contribution in [0.2, 0.25) is 0 Å². The lowest BCUT2D eigenvalue weighted by molar-refractivity contribution is 0.0740. The van der Waals surface area contributed by atoms with Crippen LogP contribution >= 0.6 is 0 Å². The molecule has 0 bridgehead atoms. The molecule has 2 aromatic rings. The largest absolute Gasteiger partial charge is 0.492 e. The third-order valence-corrected chi connectivity index (χ3v) is 7.31. The summed E-state index contributed by atoms with van der Waals surface area (Å²) in [5.74, 6) is -1.55. The number of hydrogen-bond acceptors (Lipinski definition) is 5. The molecule has 0 unspecified atom stereocenters. The molecule has 2 aliphatic rings. The van der Waals surface area contributed by atoms with E-state index in [1.165, 1.54) is 35.2 Å². The molecule has 0 radical (unpaired) electrons. The first kappa shape index (κ1) is 23.4. The Labute approximate surface area is 190 Å². The fourth-order valence-electron chi connectivity index (χ4n) is 3.82. The summed E-state index contributed by atoms with van der Waals surface area (Å²) in [4.78, 5) is 16.5. The first-order chi connectivity index (χ1) is 15.6. The summed E-state index contributed by atoms with van der Waals surface area (Å²) in [6.07, 6.45) is 2.46. The van der Waals surface area contributed by atoms with Crippen molar-refractivity contribution in [3.8, 4) is 5.75 Å². The third kappa shape index (κ3) is 5.10. The summed E-state index contributed by atoms with van der Waals surface area (Å²) in [5, 5.41) is 0. The fraction of sp³-hybridized carbons (Fsp3) is 0.435. The second-order valence-electron chi connectivity index (χ2n) is 8.73. The predicted octanol–water partition coefficient (Wildman–Crippen LogP) is 3.46. The van der Waals surface area contributed by atoms with Crippen molar-refractivity contribution in [3.05, 3.63) is 53.6 Å². The van der Waals surface area contributed by atoms with Gasteiger partial charge in [-0.05, 0) is 43.2 Å². The van der Waals surface area contributed by atoms with E-state index in [-0.39, 0.29) is 41.6 Å². The van der Waals surface area contributed by atoms with Gasteiger partial charge < -0.3 is 14.5 Å². The number of carbonyl (C=O) groups is 1. The van der Waals surface area contributed by atoms with E-state index in [1.54, 1.807) is 4.90 Å². The first-order valence-corrected chi connectivity index (χ1v) is 12.5. The van der Waals surface area contributed by atoms with Crippen LogP contribution < -0.4 is 9.64 Å². The van der Waals surface area contributed by atoms with Gasteiger partial charge in [0.15, 0.2) is 9.84 Å². The van der Waals surface area contributed by atoms with Crippen molar-refractivity contribution in [3.63, 3.8) is 0 Å². The number of ether oxygens (including phenoxy) is 1. The normalized spacial score (nSPS) is 17.7. The van der Waals surface area contributed by atoms with E-state index in [2.05, 4.69) is 0 Å². The number of nitrogens with zero attached hydrogens (tertiary/aromatic N) is 2. The number of alkyl halides is 1. The van der Waals surface area contributed by atoms with Crippen LogP contribution in [0, 0.1) is 17.0 Å². The average molecular weight is 483 g/mol. The lowest BCUT2D eigenvalue weighted by atomic mass is 10.1. The molecule has 0 N–H and O–H groups in total. The second-order valence-corrected chi connectivity index (χ2v) is 10.7. The summed E-state index contributed by atoms with van der Waals surface area (Å²) >= 11 is 0. The molecule has 2 aromatic carbocycles. The molecule has 1 aliphatic heterocycles. The number of hydrogen-bond donors (Lipinski definition) is 0. The molecule has 0 aromatic heterocycles. The van der Waals surface area contributed by atoms with Crippen LogP contribution in [-0.2, 0) is 9.84 Å². The van der Waals surface area contributed by atoms with Crippen LogP contribution in [0.1, 0.15) is 23.2 Å². The number of piperazine rings is 1. The van der Waals surface area contributed by atoms with Crippen LogP contribution in [0.5, 0.6) is 5.75 Å². The highest BCUT2D eigenvalue weighted by Gasteiger charge is 2.44. The zero-order valence-electron chi connectivity index (χ0n) is 18.2. The molecule has 2 fully saturated rings. The van der Waals surface area contributed by atoms with Crippen molar-refractivity contribution >= 4 is 21.4 Å². The van der Waals surface area contributed by atoms with Crippen molar-refractivity contribution in [2.75, 3.05) is 50.6 Å². The monoisotopic (exact) mass is 482 g/mol. The quantitative estimate of drug-likeness (QED) is 0.605. The van der Waals surface area contributed by atoms with E-state index in [0.717, 1.165) is 12.3 Å². The lowest BCUT2D eigenvalue weighted by Crippen LogP contribution is -2.49. The van der Waals surface area contributed by atoms with E-state index in [9.17, 15) is 26.4 Å². The summed E-state index contributed by atoms with van der Waals surface area (Å²) in [7, 11) is -3.56. The Kier molecular flexibility index (Phi) is 6.30. The Balaban J connectivity index is 1.52. The molecule has 33 heavy (non-hydrogen) atoms. The van der Waals surface area contributed by atoms with Gasteiger partial charge in [-0.25, -0.2) is 17.2 Å². The van der Waals surface area contributed by atoms with Gasteiger partial charge in [-0.1, -0.05) is 0 Å². The van der Waals surface area contributed by atoms with E-state index in [0.29, 0.717) is 25.9 Å². The van der Waals surface area contributed by atoms with Crippen LogP contribution in [0.3, 0.4) is 0 Å². The topological polar surface area (TPSA) is 66.9 Å². The molecular weight excluding hydrogens is 457 g/mol. The van der Waals surface area contributed by atoms with Gasteiger partial charge in [0.25, 0.3) is 5.91 Å². The smallest absolute Gasteiger partial charge is 0.257 e. The van der Waals surface area contributed by atoms with Gasteiger partial charge in [-0.2, -0.15) is 0 Å². The van der Waals surface area contributed by atoms with E-state index in [4.69, 9.17) is 4.74 Å². The molecule has 1 amide bonds. The van der Waals surface area contributed by atoms with Crippen LogP contribution in [0.25, 0.3) is 0 Å². The van der Waals surface area contributed by atoms with E-state index >= 15 is 0 Å². The predicted molar refractivity (Wildman–Crippen MR) is 117 cm³/mol. The maximum Gasteiger partial charge on any atom is 0.257 e. The molecule has 1 saturated heterocycles. The summed E-state index contributed by atoms with van der Waals surface area (Å²) < 4.78 is 70.4. The highest BCUT2D eigenvalue weighted by atomic mass is 32.2. The van der Waals surface area contributed by atoms with Gasteiger partial charge >= 0.3 is 0 Å². The number of halogens is 3. The van der Waals surface area contributed by atoms with Crippen molar-refractivity contribution in [1.82, 2.24) is 4.90 Å². The number of rotatable bonds is 7. The number of anilines is 1. The maximum atomic E-state index is 14.1. The van der Waals surface area contributed by atoms with Crippen molar-refractivity contribution < 1.29 is 31.1 Å². The molecule has 10 heteroatoms. The SMILES string of the molecule is CS(=O)(=O)c1ccc(OCC2(CF)CC2)c(C(=O)N2CCN(c3ccc(F)cc3F)CC2)c1. The molecule has 178 valence electrons. The average Bonchev–Trinajstić information content (AvgIpc) is 3.57. The Bertz CT molecular complexity index is 1160. The number of carbonyl (C=O) groups excluding carboxylic acids is 1. The lowest BCUT2D eigenvalue weighted by Gasteiger charge is -2.36. The third-order valence-electron chi connectivity index (χ3n) is 6.20. The van der Waals surface area contributed by atoms with Gasteiger partial charge in [0.1, 0.15) is 17.4 Å². The molecule has 6 nitrogen and oxygen atoms in total. The van der Waals surface area contributed by atoms with Crippen molar-refractivity contribution in [2.45, 2.75) is 17.7 Å². The number of amides is 1. The van der Waals surface area contributed by atoms with Crippen molar-refractivity contribution in [2.24, 2.45) is 5.41 Å². The number of sulfone groups is 1. The highest BCUT2D eigenvalue weighted by Crippen LogP contribution is 2.46. The fourth-order valence-corrected chi connectivity index (χ4v) is 4.46. The van der Waals surface area contributed by atoms with Gasteiger partial charge in [0.05, 0.1) is 29.4 Å². The van der Waals surface area contributed by atoms with Crippen molar-refractivity contribution in [1.29, 1.82) is 0 Å². The van der Waals surface area contributed by atoms with Crippen LogP contribution in [-0.4, -0.2) is 64.9 Å². The molecule has 1 heterocycles. The molecular formula is C23H25F3N2O4S. The van der Waals surface area contributed by atoms with Crippen LogP contribution in [0.15, 0.2) is 41.3 Å². The minimum absolute atomic E-state index is 0.0168. The highest BCUT2D eigenvalue weighted by molar-refractivity contribution is 7.90. The standard InChI is InChI=1S/C23H25F3N2O4S/c1-33(30,31)17-3-5-21(32-15-23(14-24)6-7-23)18(13-17)22(29)28-10-8-27(9-11-28)20-4-2-16(25)12-19(20)26/h2-5,12-13H,6-11,14-15H2,1H3. The van der Waals surface area contributed by atoms with Gasteiger partial charge in [0, 0.05) is 43.9 Å². The summed E-state index contributed by atoms with van der Waals surface area (Å²) in [5.41, 5.74) is -0.178. The van der Waals surface area contributed by atoms with E-state index in [1.807, 2.05) is 0 Å². The second kappa shape index (κ2) is 8.89. The van der Waals surface area contributed by atoms with Gasteiger partial charge in [-0.3, -0.25) is 9.18 Å². The maximum absolute atomic E-state index is 14.1. The van der Waals surface area contributed by atoms with Gasteiger partial charge in [0.2, 0.25) is 0 Å². The molecule has 1 aliphatic carbocycles. The van der Waals surface area contributed by atoms with Gasteiger partial charge in [-0.15, -0.1) is 0 Å². The Morgan fingerprint density at radius 2 is 1.76 bits per heavy atom. The summed E-state index contributed by atoms with van der Waals surface area (Å²) in [6, 6.07) is 7.45. The van der Waals surface area contributed by atoms with Crippen LogP contribution in [0.4, 0.5) is 18.9 Å².